The van der Waals surface area contributed by atoms with Gasteiger partial charge >= 0.3 is 0 Å². The molecule has 1 fully saturated rings. The number of anilines is 3. The largest absolute Gasteiger partial charge is 0.383 e. The van der Waals surface area contributed by atoms with Crippen LogP contribution in [-0.4, -0.2) is 29.2 Å². The molecule has 110 valence electrons. The summed E-state index contributed by atoms with van der Waals surface area (Å²) in [5, 5.41) is 9.11. The highest BCUT2D eigenvalue weighted by molar-refractivity contribution is 6.07. The molecule has 2 heterocycles. The van der Waals surface area contributed by atoms with Gasteiger partial charge in [-0.1, -0.05) is 0 Å². The van der Waals surface area contributed by atoms with Crippen molar-refractivity contribution in [2.75, 3.05) is 29.0 Å². The van der Waals surface area contributed by atoms with Gasteiger partial charge in [0.2, 0.25) is 0 Å². The number of nitrogens with zero attached hydrogens (tertiary/aromatic N) is 2. The fourth-order valence-electron chi connectivity index (χ4n) is 2.58. The van der Waals surface area contributed by atoms with Crippen LogP contribution in [-0.2, 0) is 0 Å². The van der Waals surface area contributed by atoms with Gasteiger partial charge in [0.15, 0.2) is 0 Å². The van der Waals surface area contributed by atoms with Crippen molar-refractivity contribution in [2.45, 2.75) is 19.3 Å². The maximum absolute atomic E-state index is 12.0. The van der Waals surface area contributed by atoms with Gasteiger partial charge in [-0.25, -0.2) is 0 Å². The number of hydrogen-bond donors (Lipinski definition) is 3. The highest BCUT2D eigenvalue weighted by Gasteiger charge is 2.13. The van der Waals surface area contributed by atoms with E-state index in [1.54, 1.807) is 0 Å². The van der Waals surface area contributed by atoms with Gasteiger partial charge in [0, 0.05) is 24.5 Å². The van der Waals surface area contributed by atoms with Gasteiger partial charge in [0.25, 0.3) is 5.91 Å². The first-order valence-corrected chi connectivity index (χ1v) is 7.19. The number of H-pyrrole nitrogens is 1. The Bertz CT molecular complexity index is 613. The molecule has 1 aliphatic rings. The zero-order valence-electron chi connectivity index (χ0n) is 11.8. The highest BCUT2D eigenvalue weighted by Crippen LogP contribution is 2.22. The lowest BCUT2D eigenvalue weighted by Gasteiger charge is -2.28. The van der Waals surface area contributed by atoms with E-state index in [1.807, 2.05) is 24.3 Å². The summed E-state index contributed by atoms with van der Waals surface area (Å²) in [6.07, 6.45) is 5.24. The molecule has 1 saturated heterocycles. The molecule has 1 aliphatic heterocycles. The van der Waals surface area contributed by atoms with E-state index in [2.05, 4.69) is 20.4 Å². The zero-order valence-corrected chi connectivity index (χ0v) is 11.8. The highest BCUT2D eigenvalue weighted by atomic mass is 16.1. The molecule has 0 bridgehead atoms. The van der Waals surface area contributed by atoms with Gasteiger partial charge < -0.3 is 16.0 Å². The number of aromatic amines is 1. The average Bonchev–Trinajstić information content (AvgIpc) is 2.95. The van der Waals surface area contributed by atoms with Crippen LogP contribution in [0.5, 0.6) is 0 Å². The second-order valence-electron chi connectivity index (χ2n) is 5.25. The van der Waals surface area contributed by atoms with Crippen molar-refractivity contribution in [2.24, 2.45) is 0 Å². The van der Waals surface area contributed by atoms with Crippen molar-refractivity contribution in [1.82, 2.24) is 10.2 Å². The Morgan fingerprint density at radius 1 is 1.19 bits per heavy atom. The number of nitrogen functional groups attached to an aromatic ring is 1. The van der Waals surface area contributed by atoms with Crippen LogP contribution in [0.3, 0.4) is 0 Å². The molecule has 0 saturated carbocycles. The summed E-state index contributed by atoms with van der Waals surface area (Å²) in [5.74, 6) is 0.0180. The molecule has 0 aliphatic carbocycles. The number of carbonyl (C=O) groups is 1. The molecule has 0 unspecified atom stereocenters. The van der Waals surface area contributed by atoms with Gasteiger partial charge in [-0.3, -0.25) is 9.89 Å². The number of aromatic nitrogens is 2. The van der Waals surface area contributed by atoms with Crippen LogP contribution in [0, 0.1) is 0 Å². The summed E-state index contributed by atoms with van der Waals surface area (Å²) in [6.45, 7) is 2.22. The van der Waals surface area contributed by atoms with Crippen molar-refractivity contribution >= 4 is 23.1 Å². The number of rotatable bonds is 3. The molecule has 0 radical (unpaired) electrons. The Kier molecular flexibility index (Phi) is 3.77. The van der Waals surface area contributed by atoms with Crippen LogP contribution < -0.4 is 16.0 Å². The van der Waals surface area contributed by atoms with Gasteiger partial charge in [-0.2, -0.15) is 5.10 Å². The van der Waals surface area contributed by atoms with Crippen LogP contribution in [0.2, 0.25) is 0 Å². The van der Waals surface area contributed by atoms with Gasteiger partial charge in [-0.15, -0.1) is 0 Å². The number of hydrogen-bond acceptors (Lipinski definition) is 4. The molecule has 1 aromatic carbocycles. The Labute approximate surface area is 123 Å². The lowest BCUT2D eigenvalue weighted by molar-refractivity contribution is 0.102. The monoisotopic (exact) mass is 285 g/mol. The predicted molar refractivity (Wildman–Crippen MR) is 83.5 cm³/mol. The number of benzene rings is 1. The van der Waals surface area contributed by atoms with Crippen molar-refractivity contribution < 1.29 is 4.79 Å². The molecular formula is C15H19N5O. The van der Waals surface area contributed by atoms with Crippen molar-refractivity contribution in [3.05, 3.63) is 36.0 Å². The molecule has 6 heteroatoms. The van der Waals surface area contributed by atoms with E-state index in [4.69, 9.17) is 5.73 Å². The summed E-state index contributed by atoms with van der Waals surface area (Å²) < 4.78 is 0. The maximum Gasteiger partial charge on any atom is 0.261 e. The SMILES string of the molecule is Nc1[nH]ncc1C(=O)Nc1ccc(N2CCCCC2)cc1. The Balaban J connectivity index is 1.67. The molecule has 0 spiro atoms. The molecule has 6 nitrogen and oxygen atoms in total. The van der Waals surface area contributed by atoms with E-state index in [9.17, 15) is 4.79 Å². The van der Waals surface area contributed by atoms with Gasteiger partial charge in [-0.05, 0) is 43.5 Å². The van der Waals surface area contributed by atoms with E-state index < -0.39 is 0 Å². The summed E-state index contributed by atoms with van der Waals surface area (Å²) in [6, 6.07) is 7.91. The quantitative estimate of drug-likeness (QED) is 0.807. The van der Waals surface area contributed by atoms with Crippen molar-refractivity contribution in [3.8, 4) is 0 Å². The Morgan fingerprint density at radius 2 is 1.90 bits per heavy atom. The number of carbonyl (C=O) groups excluding carboxylic acids is 1. The third kappa shape index (κ3) is 2.99. The first-order valence-electron chi connectivity index (χ1n) is 7.19. The topological polar surface area (TPSA) is 87.0 Å². The fraction of sp³-hybridized carbons (Fsp3) is 0.333. The number of amides is 1. The lowest BCUT2D eigenvalue weighted by atomic mass is 10.1. The zero-order chi connectivity index (χ0) is 14.7. The molecule has 1 amide bonds. The smallest absolute Gasteiger partial charge is 0.261 e. The van der Waals surface area contributed by atoms with Gasteiger partial charge in [0.1, 0.15) is 11.4 Å². The van der Waals surface area contributed by atoms with Crippen LogP contribution in [0.4, 0.5) is 17.2 Å². The van der Waals surface area contributed by atoms with E-state index in [1.165, 1.54) is 31.1 Å². The summed E-state index contributed by atoms with van der Waals surface area (Å²) in [4.78, 5) is 14.4. The standard InChI is InChI=1S/C15H19N5O/c16-14-13(10-17-19-14)15(21)18-11-4-6-12(7-5-11)20-8-2-1-3-9-20/h4-7,10H,1-3,8-9H2,(H,18,21)(H3,16,17,19). The molecule has 21 heavy (non-hydrogen) atoms. The third-order valence-electron chi connectivity index (χ3n) is 3.76. The Morgan fingerprint density at radius 3 is 2.52 bits per heavy atom. The average molecular weight is 285 g/mol. The number of nitrogens with one attached hydrogen (secondary N) is 2. The van der Waals surface area contributed by atoms with E-state index in [0.717, 1.165) is 18.8 Å². The van der Waals surface area contributed by atoms with E-state index in [0.29, 0.717) is 5.56 Å². The van der Waals surface area contributed by atoms with Gasteiger partial charge in [0.05, 0.1) is 6.20 Å². The molecular weight excluding hydrogens is 266 g/mol. The van der Waals surface area contributed by atoms with E-state index in [-0.39, 0.29) is 11.7 Å². The second kappa shape index (κ2) is 5.87. The summed E-state index contributed by atoms with van der Waals surface area (Å²) >= 11 is 0. The molecule has 1 aromatic heterocycles. The molecule has 3 rings (SSSR count). The number of piperidine rings is 1. The predicted octanol–water partition coefficient (Wildman–Crippen LogP) is 2.23. The summed E-state index contributed by atoms with van der Waals surface area (Å²) in [7, 11) is 0. The molecule has 4 N–H and O–H groups in total. The minimum absolute atomic E-state index is 0.257. The minimum atomic E-state index is -0.257. The van der Waals surface area contributed by atoms with E-state index >= 15 is 0 Å². The van der Waals surface area contributed by atoms with Crippen LogP contribution in [0.1, 0.15) is 29.6 Å². The fourth-order valence-corrected chi connectivity index (χ4v) is 2.58. The van der Waals surface area contributed by atoms with Crippen LogP contribution in [0.25, 0.3) is 0 Å². The first-order chi connectivity index (χ1) is 10.2. The van der Waals surface area contributed by atoms with Crippen molar-refractivity contribution in [3.63, 3.8) is 0 Å². The molecule has 0 atom stereocenters. The normalized spacial score (nSPS) is 15.0. The Hall–Kier alpha value is -2.50. The van der Waals surface area contributed by atoms with Crippen LogP contribution in [0.15, 0.2) is 30.5 Å². The van der Waals surface area contributed by atoms with Crippen LogP contribution >= 0.6 is 0 Å². The number of nitrogens with two attached hydrogens (primary N) is 1. The summed E-state index contributed by atoms with van der Waals surface area (Å²) in [5.41, 5.74) is 7.94. The second-order valence-corrected chi connectivity index (χ2v) is 5.25. The minimum Gasteiger partial charge on any atom is -0.383 e. The first kappa shape index (κ1) is 13.5. The molecule has 2 aromatic rings. The lowest BCUT2D eigenvalue weighted by Crippen LogP contribution is -2.29. The third-order valence-corrected chi connectivity index (χ3v) is 3.76. The van der Waals surface area contributed by atoms with Crippen molar-refractivity contribution in [1.29, 1.82) is 0 Å². The maximum atomic E-state index is 12.0.